The number of halogens is 1. The molecule has 0 bridgehead atoms. The number of carbonyl (C=O) groups excluding carboxylic acids is 1. The molecule has 0 atom stereocenters. The quantitative estimate of drug-likeness (QED) is 0.625. The van der Waals surface area contributed by atoms with Crippen molar-refractivity contribution in [3.05, 3.63) is 45.9 Å². The minimum absolute atomic E-state index is 0.319. The van der Waals surface area contributed by atoms with Crippen LogP contribution >= 0.6 is 27.3 Å². The maximum atomic E-state index is 11.8. The van der Waals surface area contributed by atoms with Crippen LogP contribution in [-0.2, 0) is 16.2 Å². The number of carbonyl (C=O) groups is 1. The lowest BCUT2D eigenvalue weighted by Crippen LogP contribution is -2.00. The third kappa shape index (κ3) is 2.47. The highest BCUT2D eigenvalue weighted by atomic mass is 79.9. The van der Waals surface area contributed by atoms with E-state index in [0.717, 1.165) is 25.9 Å². The number of methoxy groups -OCH3 is 2. The van der Waals surface area contributed by atoms with Gasteiger partial charge in [-0.3, -0.25) is 0 Å². The normalized spacial score (nSPS) is 11.0. The van der Waals surface area contributed by atoms with E-state index >= 15 is 0 Å². The van der Waals surface area contributed by atoms with Crippen LogP contribution in [0.4, 0.5) is 0 Å². The van der Waals surface area contributed by atoms with Crippen LogP contribution in [0.3, 0.4) is 0 Å². The van der Waals surface area contributed by atoms with Crippen molar-refractivity contribution >= 4 is 43.5 Å². The molecular weight excluding hydrogens is 366 g/mol. The van der Waals surface area contributed by atoms with Gasteiger partial charge in [0.05, 0.1) is 21.9 Å². The second kappa shape index (κ2) is 6.24. The molecule has 3 aromatic rings. The number of thiophene rings is 1. The van der Waals surface area contributed by atoms with Crippen molar-refractivity contribution in [1.29, 1.82) is 0 Å². The van der Waals surface area contributed by atoms with Gasteiger partial charge in [0.1, 0.15) is 11.6 Å². The fourth-order valence-electron chi connectivity index (χ4n) is 2.41. The number of rotatable bonds is 4. The van der Waals surface area contributed by atoms with Crippen LogP contribution in [0.15, 0.2) is 41.0 Å². The Labute approximate surface area is 140 Å². The molecule has 0 fully saturated rings. The Bertz CT molecular complexity index is 823. The summed E-state index contributed by atoms with van der Waals surface area (Å²) in [7, 11) is 3.04. The minimum atomic E-state index is -0.319. The van der Waals surface area contributed by atoms with E-state index in [1.807, 2.05) is 41.0 Å². The summed E-state index contributed by atoms with van der Waals surface area (Å²) >= 11 is 5.09. The predicted octanol–water partition coefficient (Wildman–Crippen LogP) is 4.52. The minimum Gasteiger partial charge on any atom is -0.465 e. The van der Waals surface area contributed by atoms with Gasteiger partial charge in [-0.25, -0.2) is 4.79 Å². The Hall–Kier alpha value is -1.63. The van der Waals surface area contributed by atoms with Gasteiger partial charge in [0.15, 0.2) is 0 Å². The fourth-order valence-corrected chi connectivity index (χ4v) is 4.41. The number of nitrogens with zero attached hydrogens (tertiary/aromatic N) is 1. The first-order valence-corrected chi connectivity index (χ1v) is 8.22. The zero-order chi connectivity index (χ0) is 15.7. The average Bonchev–Trinajstić information content (AvgIpc) is 3.06. The number of aromatic nitrogens is 1. The van der Waals surface area contributed by atoms with Crippen molar-refractivity contribution in [3.63, 3.8) is 0 Å². The molecule has 6 heteroatoms. The molecule has 22 heavy (non-hydrogen) atoms. The third-order valence-corrected chi connectivity index (χ3v) is 5.33. The van der Waals surface area contributed by atoms with Crippen LogP contribution in [0.5, 0.6) is 0 Å². The molecule has 4 nitrogen and oxygen atoms in total. The number of hydrogen-bond acceptors (Lipinski definition) is 4. The highest BCUT2D eigenvalue weighted by Crippen LogP contribution is 2.42. The molecule has 0 aliphatic carbocycles. The summed E-state index contributed by atoms with van der Waals surface area (Å²) in [6, 6.07) is 11.9. The SMILES string of the molecule is COCn1c(Br)c(-c2ccccc2)c2sc(C(=O)OC)cc21. The first kappa shape index (κ1) is 15.3. The molecule has 0 saturated heterocycles. The van der Waals surface area contributed by atoms with Crippen molar-refractivity contribution in [2.45, 2.75) is 6.73 Å². The molecule has 2 heterocycles. The van der Waals surface area contributed by atoms with Gasteiger partial charge in [-0.2, -0.15) is 0 Å². The lowest BCUT2D eigenvalue weighted by molar-refractivity contribution is 0.0606. The van der Waals surface area contributed by atoms with Gasteiger partial charge in [-0.15, -0.1) is 11.3 Å². The van der Waals surface area contributed by atoms with Gasteiger partial charge in [0, 0.05) is 12.7 Å². The summed E-state index contributed by atoms with van der Waals surface area (Å²) in [4.78, 5) is 12.4. The first-order valence-electron chi connectivity index (χ1n) is 6.61. The topological polar surface area (TPSA) is 40.5 Å². The van der Waals surface area contributed by atoms with E-state index in [0.29, 0.717) is 11.6 Å². The van der Waals surface area contributed by atoms with E-state index in [-0.39, 0.29) is 5.97 Å². The number of fused-ring (bicyclic) bond motifs is 1. The second-order valence-corrected chi connectivity index (χ2v) is 6.50. The third-order valence-electron chi connectivity index (χ3n) is 3.38. The molecule has 0 saturated carbocycles. The van der Waals surface area contributed by atoms with Crippen molar-refractivity contribution in [2.75, 3.05) is 14.2 Å². The molecule has 0 aliphatic rings. The maximum Gasteiger partial charge on any atom is 0.348 e. The van der Waals surface area contributed by atoms with Gasteiger partial charge >= 0.3 is 5.97 Å². The molecule has 114 valence electrons. The van der Waals surface area contributed by atoms with Crippen molar-refractivity contribution in [3.8, 4) is 11.1 Å². The van der Waals surface area contributed by atoms with E-state index in [1.165, 1.54) is 18.4 Å². The van der Waals surface area contributed by atoms with Gasteiger partial charge < -0.3 is 14.0 Å². The maximum absolute atomic E-state index is 11.8. The Balaban J connectivity index is 2.28. The standard InChI is InChI=1S/C16H14BrNO3S/c1-20-9-18-11-8-12(16(19)21-2)22-14(11)13(15(18)17)10-6-4-3-5-7-10/h3-8H,9H2,1-2H3. The molecule has 0 N–H and O–H groups in total. The summed E-state index contributed by atoms with van der Waals surface area (Å²) in [6.07, 6.45) is 0. The van der Waals surface area contributed by atoms with Crippen LogP contribution in [0.2, 0.25) is 0 Å². The van der Waals surface area contributed by atoms with Crippen molar-refractivity contribution in [2.24, 2.45) is 0 Å². The Morgan fingerprint density at radius 3 is 2.64 bits per heavy atom. The first-order chi connectivity index (χ1) is 10.7. The molecular formula is C16H14BrNO3S. The molecule has 1 aromatic carbocycles. The van der Waals surface area contributed by atoms with E-state index in [2.05, 4.69) is 15.9 Å². The zero-order valence-corrected chi connectivity index (χ0v) is 14.5. The summed E-state index contributed by atoms with van der Waals surface area (Å²) < 4.78 is 14.1. The molecule has 0 spiro atoms. The van der Waals surface area contributed by atoms with E-state index < -0.39 is 0 Å². The lowest BCUT2D eigenvalue weighted by Gasteiger charge is -2.06. The van der Waals surface area contributed by atoms with E-state index in [9.17, 15) is 4.79 Å². The van der Waals surface area contributed by atoms with Crippen LogP contribution in [-0.4, -0.2) is 24.8 Å². The number of ether oxygens (including phenoxy) is 2. The van der Waals surface area contributed by atoms with Gasteiger partial charge in [-0.05, 0) is 27.6 Å². The monoisotopic (exact) mass is 379 g/mol. The molecule has 0 aliphatic heterocycles. The van der Waals surface area contributed by atoms with Crippen molar-refractivity contribution < 1.29 is 14.3 Å². The van der Waals surface area contributed by atoms with Gasteiger partial charge in [0.25, 0.3) is 0 Å². The average molecular weight is 380 g/mol. The molecule has 0 radical (unpaired) electrons. The fraction of sp³-hybridized carbons (Fsp3) is 0.188. The highest BCUT2D eigenvalue weighted by Gasteiger charge is 2.21. The Morgan fingerprint density at radius 2 is 2.00 bits per heavy atom. The molecule has 3 rings (SSSR count). The zero-order valence-electron chi connectivity index (χ0n) is 12.1. The summed E-state index contributed by atoms with van der Waals surface area (Å²) in [5.41, 5.74) is 3.11. The van der Waals surface area contributed by atoms with E-state index in [4.69, 9.17) is 9.47 Å². The Kier molecular flexibility index (Phi) is 4.33. The van der Waals surface area contributed by atoms with Gasteiger partial charge in [-0.1, -0.05) is 30.3 Å². The summed E-state index contributed by atoms with van der Waals surface area (Å²) in [5.74, 6) is -0.319. The molecule has 0 unspecified atom stereocenters. The van der Waals surface area contributed by atoms with Crippen LogP contribution < -0.4 is 0 Å². The number of hydrogen-bond donors (Lipinski definition) is 0. The highest BCUT2D eigenvalue weighted by molar-refractivity contribution is 9.10. The van der Waals surface area contributed by atoms with Gasteiger partial charge in [0.2, 0.25) is 0 Å². The Morgan fingerprint density at radius 1 is 1.27 bits per heavy atom. The lowest BCUT2D eigenvalue weighted by atomic mass is 10.1. The predicted molar refractivity (Wildman–Crippen MR) is 91.3 cm³/mol. The number of esters is 1. The smallest absolute Gasteiger partial charge is 0.348 e. The van der Waals surface area contributed by atoms with Crippen LogP contribution in [0.25, 0.3) is 21.3 Å². The molecule has 0 amide bonds. The molecule has 2 aromatic heterocycles. The second-order valence-electron chi connectivity index (χ2n) is 4.69. The van der Waals surface area contributed by atoms with Crippen molar-refractivity contribution in [1.82, 2.24) is 4.57 Å². The van der Waals surface area contributed by atoms with E-state index in [1.54, 1.807) is 7.11 Å². The van der Waals surface area contributed by atoms with Crippen LogP contribution in [0.1, 0.15) is 9.67 Å². The summed E-state index contributed by atoms with van der Waals surface area (Å²) in [5, 5.41) is 0. The summed E-state index contributed by atoms with van der Waals surface area (Å²) in [6.45, 7) is 0.404. The number of benzene rings is 1. The largest absolute Gasteiger partial charge is 0.465 e. The van der Waals surface area contributed by atoms with Crippen LogP contribution in [0, 0.1) is 0 Å².